The zero-order valence-electron chi connectivity index (χ0n) is 25.7. The van der Waals surface area contributed by atoms with Gasteiger partial charge in [-0.05, 0) is 69.7 Å². The smallest absolute Gasteiger partial charge is 0.264 e. The first-order valence-electron chi connectivity index (χ1n) is 14.5. The van der Waals surface area contributed by atoms with Crippen LogP contribution in [0.2, 0.25) is 10.0 Å². The van der Waals surface area contributed by atoms with Gasteiger partial charge in [-0.3, -0.25) is 13.9 Å². The average Bonchev–Trinajstić information content (AvgIpc) is 2.99. The number of hydrogen-bond donors (Lipinski definition) is 1. The van der Waals surface area contributed by atoms with Gasteiger partial charge in [-0.2, -0.15) is 0 Å². The summed E-state index contributed by atoms with van der Waals surface area (Å²) in [5.41, 5.74) is 1.87. The highest BCUT2D eigenvalue weighted by Gasteiger charge is 2.36. The molecule has 0 saturated carbocycles. The van der Waals surface area contributed by atoms with Crippen molar-refractivity contribution in [1.29, 1.82) is 0 Å². The molecule has 1 N–H and O–H groups in total. The van der Waals surface area contributed by atoms with E-state index in [9.17, 15) is 18.0 Å². The molecule has 0 saturated heterocycles. The largest absolute Gasteiger partial charge is 0.350 e. The van der Waals surface area contributed by atoms with Gasteiger partial charge in [-0.1, -0.05) is 95.5 Å². The van der Waals surface area contributed by atoms with Gasteiger partial charge in [0, 0.05) is 34.1 Å². The highest BCUT2D eigenvalue weighted by molar-refractivity contribution is 7.92. The summed E-state index contributed by atoms with van der Waals surface area (Å²) in [5, 5.41) is 3.65. The third kappa shape index (κ3) is 8.87. The molecule has 236 valence electrons. The molecular formula is C35H37Cl2N3O4S. The third-order valence-corrected chi connectivity index (χ3v) is 9.59. The Bertz CT molecular complexity index is 1710. The molecule has 0 bridgehead atoms. The molecule has 4 rings (SSSR count). The van der Waals surface area contributed by atoms with E-state index in [4.69, 9.17) is 23.2 Å². The van der Waals surface area contributed by atoms with E-state index in [2.05, 4.69) is 5.32 Å². The Morgan fingerprint density at radius 1 is 0.800 bits per heavy atom. The topological polar surface area (TPSA) is 86.8 Å². The van der Waals surface area contributed by atoms with Crippen LogP contribution in [0.15, 0.2) is 108 Å². The first kappa shape index (κ1) is 34.0. The predicted octanol–water partition coefficient (Wildman–Crippen LogP) is 7.05. The van der Waals surface area contributed by atoms with Crippen molar-refractivity contribution in [2.75, 3.05) is 10.8 Å². The van der Waals surface area contributed by atoms with Crippen LogP contribution in [0.25, 0.3) is 0 Å². The van der Waals surface area contributed by atoms with Crippen molar-refractivity contribution in [3.63, 3.8) is 0 Å². The lowest BCUT2D eigenvalue weighted by molar-refractivity contribution is -0.140. The van der Waals surface area contributed by atoms with Gasteiger partial charge in [0.1, 0.15) is 12.6 Å². The first-order chi connectivity index (χ1) is 21.3. The highest BCUT2D eigenvalue weighted by atomic mass is 35.5. The SMILES string of the molecule is Cc1ccc(S(=O)(=O)N(CC(=O)N(Cc2c(Cl)cccc2Cl)[C@H](Cc2ccccc2)C(=O)NC(C)(C)C)c2ccccc2)cc1. The van der Waals surface area contributed by atoms with Crippen LogP contribution in [0.3, 0.4) is 0 Å². The predicted molar refractivity (Wildman–Crippen MR) is 181 cm³/mol. The van der Waals surface area contributed by atoms with Crippen LogP contribution in [0.1, 0.15) is 37.5 Å². The third-order valence-electron chi connectivity index (χ3n) is 7.09. The van der Waals surface area contributed by atoms with Gasteiger partial charge in [0.05, 0.1) is 10.6 Å². The Morgan fingerprint density at radius 3 is 1.91 bits per heavy atom. The minimum atomic E-state index is -4.19. The summed E-state index contributed by atoms with van der Waals surface area (Å²) in [5.74, 6) is -0.994. The van der Waals surface area contributed by atoms with Crippen molar-refractivity contribution in [3.8, 4) is 0 Å². The van der Waals surface area contributed by atoms with E-state index in [0.717, 1.165) is 15.4 Å². The molecule has 0 fully saturated rings. The number of carbonyl (C=O) groups excluding carboxylic acids is 2. The second-order valence-electron chi connectivity index (χ2n) is 11.8. The number of halogens is 2. The minimum Gasteiger partial charge on any atom is -0.350 e. The summed E-state index contributed by atoms with van der Waals surface area (Å²) < 4.78 is 29.2. The first-order valence-corrected chi connectivity index (χ1v) is 16.7. The highest BCUT2D eigenvalue weighted by Crippen LogP contribution is 2.29. The molecule has 7 nitrogen and oxygen atoms in total. The van der Waals surface area contributed by atoms with Gasteiger partial charge in [0.15, 0.2) is 0 Å². The lowest BCUT2D eigenvalue weighted by Crippen LogP contribution is -2.56. The number of nitrogens with one attached hydrogen (secondary N) is 1. The molecule has 10 heteroatoms. The molecule has 0 unspecified atom stereocenters. The maximum absolute atomic E-state index is 14.5. The number of amides is 2. The Labute approximate surface area is 275 Å². The second kappa shape index (κ2) is 14.5. The Balaban J connectivity index is 1.83. The van der Waals surface area contributed by atoms with Crippen molar-refractivity contribution in [2.45, 2.75) is 57.1 Å². The Hall–Kier alpha value is -3.85. The van der Waals surface area contributed by atoms with Gasteiger partial charge in [0.2, 0.25) is 11.8 Å². The summed E-state index contributed by atoms with van der Waals surface area (Å²) in [6.45, 7) is 6.73. The molecule has 0 aromatic heterocycles. The van der Waals surface area contributed by atoms with Crippen molar-refractivity contribution in [1.82, 2.24) is 10.2 Å². The summed E-state index contributed by atoms with van der Waals surface area (Å²) in [4.78, 5) is 29.9. The van der Waals surface area contributed by atoms with Crippen LogP contribution >= 0.6 is 23.2 Å². The van der Waals surface area contributed by atoms with Gasteiger partial charge >= 0.3 is 0 Å². The molecular weight excluding hydrogens is 629 g/mol. The van der Waals surface area contributed by atoms with Crippen LogP contribution in [-0.2, 0) is 32.6 Å². The second-order valence-corrected chi connectivity index (χ2v) is 14.5. The molecule has 0 spiro atoms. The number of carbonyl (C=O) groups is 2. The number of anilines is 1. The van der Waals surface area contributed by atoms with Crippen molar-refractivity contribution in [2.24, 2.45) is 0 Å². The number of hydrogen-bond acceptors (Lipinski definition) is 4. The van der Waals surface area contributed by atoms with Gasteiger partial charge in [0.25, 0.3) is 10.0 Å². The molecule has 2 amide bonds. The summed E-state index contributed by atoms with van der Waals surface area (Å²) in [6, 6.07) is 28.2. The van der Waals surface area contributed by atoms with Gasteiger partial charge in [-0.15, -0.1) is 0 Å². The minimum absolute atomic E-state index is 0.0387. The lowest BCUT2D eigenvalue weighted by Gasteiger charge is -2.35. The zero-order chi connectivity index (χ0) is 32.8. The van der Waals surface area contributed by atoms with E-state index in [1.165, 1.54) is 17.0 Å². The van der Waals surface area contributed by atoms with Crippen LogP contribution in [0.4, 0.5) is 5.69 Å². The van der Waals surface area contributed by atoms with Crippen LogP contribution in [0.5, 0.6) is 0 Å². The number of aryl methyl sites for hydroxylation is 1. The van der Waals surface area contributed by atoms with Crippen molar-refractivity contribution in [3.05, 3.63) is 130 Å². The molecule has 1 atom stereocenters. The van der Waals surface area contributed by atoms with Crippen LogP contribution in [0, 0.1) is 6.92 Å². The van der Waals surface area contributed by atoms with Crippen LogP contribution < -0.4 is 9.62 Å². The molecule has 4 aromatic carbocycles. The maximum Gasteiger partial charge on any atom is 0.264 e. The fraction of sp³-hybridized carbons (Fsp3) is 0.257. The normalized spacial score (nSPS) is 12.3. The summed E-state index contributed by atoms with van der Waals surface area (Å²) in [7, 11) is -4.19. The molecule has 45 heavy (non-hydrogen) atoms. The standard InChI is InChI=1S/C35H37Cl2N3O4S/c1-25-18-20-28(21-19-25)45(43,44)40(27-14-9-6-10-15-27)24-33(41)39(23-29-30(36)16-11-17-31(29)37)32(34(42)38-35(2,3)4)22-26-12-7-5-8-13-26/h5-21,32H,22-24H2,1-4H3,(H,38,42)/t32-/m1/s1. The van der Waals surface area contributed by atoms with Gasteiger partial charge < -0.3 is 10.2 Å². The van der Waals surface area contributed by atoms with E-state index in [1.54, 1.807) is 60.7 Å². The van der Waals surface area contributed by atoms with Crippen LogP contribution in [-0.4, -0.2) is 43.3 Å². The lowest BCUT2D eigenvalue weighted by atomic mass is 10.0. The Morgan fingerprint density at radius 2 is 1.36 bits per heavy atom. The quantitative estimate of drug-likeness (QED) is 0.186. The number of nitrogens with zero attached hydrogens (tertiary/aromatic N) is 2. The van der Waals surface area contributed by atoms with Crippen molar-refractivity contribution < 1.29 is 18.0 Å². The van der Waals surface area contributed by atoms with Gasteiger partial charge in [-0.25, -0.2) is 8.42 Å². The fourth-order valence-corrected chi connectivity index (χ4v) is 6.75. The van der Waals surface area contributed by atoms with E-state index in [0.29, 0.717) is 21.3 Å². The molecule has 0 aliphatic carbocycles. The van der Waals surface area contributed by atoms with E-state index >= 15 is 0 Å². The number of benzene rings is 4. The maximum atomic E-state index is 14.5. The molecule has 0 radical (unpaired) electrons. The summed E-state index contributed by atoms with van der Waals surface area (Å²) >= 11 is 13.1. The number of sulfonamides is 1. The van der Waals surface area contributed by atoms with E-state index in [1.807, 2.05) is 58.0 Å². The average molecular weight is 667 g/mol. The zero-order valence-corrected chi connectivity index (χ0v) is 28.0. The van der Waals surface area contributed by atoms with Crippen molar-refractivity contribution >= 4 is 50.7 Å². The number of rotatable bonds is 11. The van der Waals surface area contributed by atoms with E-state index < -0.39 is 40.0 Å². The molecule has 4 aromatic rings. The molecule has 0 aliphatic heterocycles. The van der Waals surface area contributed by atoms with E-state index in [-0.39, 0.29) is 17.9 Å². The number of para-hydroxylation sites is 1. The fourth-order valence-electron chi connectivity index (χ4n) is 4.82. The summed E-state index contributed by atoms with van der Waals surface area (Å²) in [6.07, 6.45) is 0.173. The molecule has 0 heterocycles. The molecule has 0 aliphatic rings. The Kier molecular flexibility index (Phi) is 11.0. The monoisotopic (exact) mass is 665 g/mol.